The third-order valence-corrected chi connectivity index (χ3v) is 5.94. The number of hydrogen-bond acceptors (Lipinski definition) is 5. The first-order valence-corrected chi connectivity index (χ1v) is 11.7. The molecule has 3 amide bonds. The van der Waals surface area contributed by atoms with Gasteiger partial charge in [-0.25, -0.2) is 4.79 Å². The number of nitrogens with zero attached hydrogens (tertiary/aromatic N) is 1. The van der Waals surface area contributed by atoms with E-state index in [2.05, 4.69) is 10.6 Å². The van der Waals surface area contributed by atoms with E-state index in [1.54, 1.807) is 42.4 Å². The largest absolute Gasteiger partial charge is 0.464 e. The molecular weight excluding hydrogens is 446 g/mol. The van der Waals surface area contributed by atoms with Crippen molar-refractivity contribution in [3.8, 4) is 11.3 Å². The van der Waals surface area contributed by atoms with Crippen molar-refractivity contribution in [2.24, 2.45) is 5.92 Å². The van der Waals surface area contributed by atoms with Crippen molar-refractivity contribution >= 4 is 23.6 Å². The van der Waals surface area contributed by atoms with Crippen LogP contribution in [0.1, 0.15) is 29.3 Å². The molecule has 2 N–H and O–H groups in total. The fourth-order valence-electron chi connectivity index (χ4n) is 4.21. The number of nitrogens with one attached hydrogen (secondary N) is 2. The molecule has 35 heavy (non-hydrogen) atoms. The van der Waals surface area contributed by atoms with Crippen molar-refractivity contribution in [1.29, 1.82) is 0 Å². The third-order valence-electron chi connectivity index (χ3n) is 5.94. The van der Waals surface area contributed by atoms with E-state index in [0.29, 0.717) is 23.4 Å². The second kappa shape index (κ2) is 10.9. The molecular formula is C27H29N3O5. The minimum atomic E-state index is -0.565. The first-order valence-electron chi connectivity index (χ1n) is 11.7. The lowest BCUT2D eigenvalue weighted by atomic mass is 9.92. The molecule has 0 bridgehead atoms. The van der Waals surface area contributed by atoms with E-state index >= 15 is 0 Å². The fourth-order valence-corrected chi connectivity index (χ4v) is 4.21. The molecule has 4 rings (SSSR count). The van der Waals surface area contributed by atoms with Gasteiger partial charge in [-0.15, -0.1) is 0 Å². The lowest BCUT2D eigenvalue weighted by molar-refractivity contribution is -0.121. The zero-order chi connectivity index (χ0) is 24.8. The van der Waals surface area contributed by atoms with Gasteiger partial charge in [0, 0.05) is 29.9 Å². The first kappa shape index (κ1) is 24.1. The minimum absolute atomic E-state index is 0.202. The average molecular weight is 476 g/mol. The Hall–Kier alpha value is -4.07. The fraction of sp³-hybridized carbons (Fsp3) is 0.296. The van der Waals surface area contributed by atoms with Crippen LogP contribution in [0.4, 0.5) is 10.5 Å². The normalized spacial score (nSPS) is 17.5. The lowest BCUT2D eigenvalue weighted by Crippen LogP contribution is -2.54. The van der Waals surface area contributed by atoms with Crippen molar-refractivity contribution in [3.63, 3.8) is 0 Å². The van der Waals surface area contributed by atoms with Gasteiger partial charge in [-0.1, -0.05) is 29.8 Å². The number of benzene rings is 2. The summed E-state index contributed by atoms with van der Waals surface area (Å²) in [6.45, 7) is 4.44. The second-order valence-corrected chi connectivity index (χ2v) is 8.62. The summed E-state index contributed by atoms with van der Waals surface area (Å²) in [5.74, 6) is -0.266. The van der Waals surface area contributed by atoms with Gasteiger partial charge < -0.3 is 24.7 Å². The van der Waals surface area contributed by atoms with Crippen molar-refractivity contribution < 1.29 is 23.5 Å². The van der Waals surface area contributed by atoms with Crippen LogP contribution in [0.15, 0.2) is 71.3 Å². The zero-order valence-electron chi connectivity index (χ0n) is 19.8. The van der Waals surface area contributed by atoms with E-state index in [-0.39, 0.29) is 31.5 Å². The number of aryl methyl sites for hydroxylation is 1. The Kier molecular flexibility index (Phi) is 7.50. The van der Waals surface area contributed by atoms with Crippen LogP contribution >= 0.6 is 0 Å². The van der Waals surface area contributed by atoms with Gasteiger partial charge in [0.25, 0.3) is 5.91 Å². The summed E-state index contributed by atoms with van der Waals surface area (Å²) in [6, 6.07) is 17.9. The highest BCUT2D eigenvalue weighted by Crippen LogP contribution is 2.25. The number of furan rings is 1. The quantitative estimate of drug-likeness (QED) is 0.548. The molecule has 2 heterocycles. The lowest BCUT2D eigenvalue weighted by Gasteiger charge is -2.37. The molecule has 1 saturated heterocycles. The predicted octanol–water partition coefficient (Wildman–Crippen LogP) is 4.47. The molecule has 0 aliphatic carbocycles. The Labute approximate surface area is 204 Å². The van der Waals surface area contributed by atoms with Gasteiger partial charge in [0.2, 0.25) is 5.91 Å². The molecule has 8 heteroatoms. The molecule has 0 saturated carbocycles. The number of anilines is 1. The summed E-state index contributed by atoms with van der Waals surface area (Å²) in [6.07, 6.45) is 1.41. The van der Waals surface area contributed by atoms with Gasteiger partial charge in [0.05, 0.1) is 24.8 Å². The Morgan fingerprint density at radius 1 is 1.06 bits per heavy atom. The molecule has 1 aliphatic rings. The number of alkyl carbamates (subject to hydrolysis) is 1. The highest BCUT2D eigenvalue weighted by molar-refractivity contribution is 5.97. The molecule has 182 valence electrons. The molecule has 3 aromatic rings. The number of rotatable bonds is 6. The summed E-state index contributed by atoms with van der Waals surface area (Å²) in [4.78, 5) is 40.3. The van der Waals surface area contributed by atoms with Crippen LogP contribution in [0, 0.1) is 12.8 Å². The second-order valence-electron chi connectivity index (χ2n) is 8.62. The smallest absolute Gasteiger partial charge is 0.407 e. The molecule has 1 aliphatic heterocycles. The monoisotopic (exact) mass is 475 g/mol. The molecule has 2 atom stereocenters. The van der Waals surface area contributed by atoms with E-state index in [0.717, 1.165) is 11.1 Å². The number of ether oxygens (including phenoxy) is 1. The number of amides is 3. The number of piperidine rings is 1. The van der Waals surface area contributed by atoms with Gasteiger partial charge in [0.1, 0.15) is 5.76 Å². The minimum Gasteiger partial charge on any atom is -0.464 e. The van der Waals surface area contributed by atoms with E-state index in [4.69, 9.17) is 9.15 Å². The summed E-state index contributed by atoms with van der Waals surface area (Å²) >= 11 is 0. The zero-order valence-corrected chi connectivity index (χ0v) is 19.8. The Balaban J connectivity index is 1.53. The molecule has 1 aromatic heterocycles. The maximum absolute atomic E-state index is 13.5. The summed E-state index contributed by atoms with van der Waals surface area (Å²) in [5, 5.41) is 5.73. The highest BCUT2D eigenvalue weighted by atomic mass is 16.5. The number of hydrogen-bond donors (Lipinski definition) is 2. The summed E-state index contributed by atoms with van der Waals surface area (Å²) in [5.41, 5.74) is 3.04. The topological polar surface area (TPSA) is 101 Å². The third kappa shape index (κ3) is 6.09. The van der Waals surface area contributed by atoms with Gasteiger partial charge in [-0.05, 0) is 56.7 Å². The standard InChI is InChI=1S/C27H29N3O5/c1-3-34-27(33)29-23-15-21(25(31)28-22-11-9-18(2)10-12-22)16-30(17-23)26(32)20-7-4-6-19(14-20)24-8-5-13-35-24/h4-14,21,23H,3,15-17H2,1-2H3,(H,28,31)(H,29,33). The van der Waals surface area contributed by atoms with Crippen LogP contribution in [0.2, 0.25) is 0 Å². The summed E-state index contributed by atoms with van der Waals surface area (Å²) in [7, 11) is 0. The Morgan fingerprint density at radius 2 is 1.86 bits per heavy atom. The van der Waals surface area contributed by atoms with Crippen LogP contribution in [0.5, 0.6) is 0 Å². The molecule has 2 aromatic carbocycles. The maximum atomic E-state index is 13.5. The van der Waals surface area contributed by atoms with E-state index in [9.17, 15) is 14.4 Å². The predicted molar refractivity (Wildman–Crippen MR) is 132 cm³/mol. The van der Waals surface area contributed by atoms with Gasteiger partial charge in [0.15, 0.2) is 0 Å². The van der Waals surface area contributed by atoms with Crippen LogP contribution in [0.25, 0.3) is 11.3 Å². The van der Waals surface area contributed by atoms with E-state index in [1.807, 2.05) is 43.3 Å². The molecule has 0 spiro atoms. The van der Waals surface area contributed by atoms with Crippen LogP contribution in [-0.2, 0) is 9.53 Å². The molecule has 0 radical (unpaired) electrons. The van der Waals surface area contributed by atoms with E-state index in [1.165, 1.54) is 0 Å². The Bertz CT molecular complexity index is 1170. The molecule has 8 nitrogen and oxygen atoms in total. The SMILES string of the molecule is CCOC(=O)NC1CC(C(=O)Nc2ccc(C)cc2)CN(C(=O)c2cccc(-c3ccco3)c2)C1. The van der Waals surface area contributed by atoms with Crippen molar-refractivity contribution in [1.82, 2.24) is 10.2 Å². The van der Waals surface area contributed by atoms with Crippen LogP contribution in [-0.4, -0.2) is 48.5 Å². The maximum Gasteiger partial charge on any atom is 0.407 e. The van der Waals surface area contributed by atoms with Crippen molar-refractivity contribution in [3.05, 3.63) is 78.1 Å². The van der Waals surface area contributed by atoms with Gasteiger partial charge in [-0.3, -0.25) is 9.59 Å². The number of likely N-dealkylation sites (tertiary alicyclic amines) is 1. The summed E-state index contributed by atoms with van der Waals surface area (Å²) < 4.78 is 10.5. The Morgan fingerprint density at radius 3 is 2.57 bits per heavy atom. The number of carbonyl (C=O) groups excluding carboxylic acids is 3. The molecule has 1 fully saturated rings. The number of carbonyl (C=O) groups is 3. The first-order chi connectivity index (χ1) is 16.9. The molecule has 2 unspecified atom stereocenters. The average Bonchev–Trinajstić information content (AvgIpc) is 3.40. The van der Waals surface area contributed by atoms with E-state index < -0.39 is 18.1 Å². The van der Waals surface area contributed by atoms with Crippen molar-refractivity contribution in [2.75, 3.05) is 25.0 Å². The van der Waals surface area contributed by atoms with Crippen molar-refractivity contribution in [2.45, 2.75) is 26.3 Å². The van der Waals surface area contributed by atoms with Crippen LogP contribution < -0.4 is 10.6 Å². The van der Waals surface area contributed by atoms with Gasteiger partial charge in [-0.2, -0.15) is 0 Å². The van der Waals surface area contributed by atoms with Crippen LogP contribution in [0.3, 0.4) is 0 Å². The highest BCUT2D eigenvalue weighted by Gasteiger charge is 2.35. The van der Waals surface area contributed by atoms with Gasteiger partial charge >= 0.3 is 6.09 Å².